The number of hydrogen-bond acceptors (Lipinski definition) is 2. The highest BCUT2D eigenvalue weighted by molar-refractivity contribution is 5.81. The number of likely N-dealkylation sites (tertiary alicyclic amines) is 2. The molecule has 4 heteroatoms. The van der Waals surface area contributed by atoms with Gasteiger partial charge in [0, 0.05) is 32.1 Å². The van der Waals surface area contributed by atoms with E-state index in [-0.39, 0.29) is 11.8 Å². The van der Waals surface area contributed by atoms with Crippen molar-refractivity contribution in [3.63, 3.8) is 0 Å². The van der Waals surface area contributed by atoms with Gasteiger partial charge in [0.25, 0.3) is 0 Å². The fraction of sp³-hybridized carbons (Fsp3) is 0.667. The normalized spacial score (nSPS) is 19.0. The van der Waals surface area contributed by atoms with Gasteiger partial charge in [-0.2, -0.15) is 0 Å². The van der Waals surface area contributed by atoms with Crippen LogP contribution in [0, 0.1) is 11.8 Å². The number of amides is 2. The van der Waals surface area contributed by atoms with E-state index in [0.717, 1.165) is 50.8 Å². The predicted molar refractivity (Wildman–Crippen MR) is 113 cm³/mol. The summed E-state index contributed by atoms with van der Waals surface area (Å²) in [5.41, 5.74) is 2.42. The highest BCUT2D eigenvalue weighted by Gasteiger charge is 2.30. The average molecular weight is 385 g/mol. The predicted octanol–water partition coefficient (Wildman–Crippen LogP) is 4.07. The average Bonchev–Trinajstić information content (AvgIpc) is 2.98. The highest BCUT2D eigenvalue weighted by atomic mass is 16.2. The van der Waals surface area contributed by atoms with E-state index >= 15 is 0 Å². The lowest BCUT2D eigenvalue weighted by Crippen LogP contribution is -2.45. The Labute approximate surface area is 170 Å². The van der Waals surface area contributed by atoms with Gasteiger partial charge in [-0.15, -0.1) is 0 Å². The Morgan fingerprint density at radius 3 is 2.00 bits per heavy atom. The maximum Gasteiger partial charge on any atom is 0.226 e. The van der Waals surface area contributed by atoms with Gasteiger partial charge in [-0.3, -0.25) is 9.59 Å². The summed E-state index contributed by atoms with van der Waals surface area (Å²) in [5.74, 6) is 1.27. The Morgan fingerprint density at radius 1 is 0.857 bits per heavy atom. The minimum atomic E-state index is 0.109. The van der Waals surface area contributed by atoms with Crippen molar-refractivity contribution in [1.82, 2.24) is 9.80 Å². The van der Waals surface area contributed by atoms with Crippen molar-refractivity contribution >= 4 is 11.8 Å². The molecule has 2 aliphatic rings. The number of nitrogens with zero attached hydrogens (tertiary/aromatic N) is 2. The van der Waals surface area contributed by atoms with Crippen LogP contribution in [0.25, 0.3) is 0 Å². The molecule has 0 saturated carbocycles. The lowest BCUT2D eigenvalue weighted by atomic mass is 9.94. The fourth-order valence-electron chi connectivity index (χ4n) is 4.48. The Bertz CT molecular complexity index is 637. The van der Waals surface area contributed by atoms with Crippen LogP contribution in [0.15, 0.2) is 24.3 Å². The van der Waals surface area contributed by atoms with Crippen molar-refractivity contribution in [2.45, 2.75) is 65.2 Å². The van der Waals surface area contributed by atoms with Gasteiger partial charge in [-0.05, 0) is 49.1 Å². The molecule has 0 unspecified atom stereocenters. The summed E-state index contributed by atoms with van der Waals surface area (Å²) in [6.45, 7) is 7.72. The molecule has 2 fully saturated rings. The van der Waals surface area contributed by atoms with Crippen molar-refractivity contribution in [1.29, 1.82) is 0 Å². The van der Waals surface area contributed by atoms with Crippen molar-refractivity contribution in [3.8, 4) is 0 Å². The number of hydrogen-bond donors (Lipinski definition) is 0. The first kappa shape index (κ1) is 20.9. The zero-order valence-electron chi connectivity index (χ0n) is 17.7. The number of rotatable bonds is 5. The first-order valence-electron chi connectivity index (χ1n) is 11.2. The summed E-state index contributed by atoms with van der Waals surface area (Å²) >= 11 is 0. The molecule has 0 radical (unpaired) electrons. The first-order valence-corrected chi connectivity index (χ1v) is 11.2. The molecule has 0 aliphatic carbocycles. The molecule has 0 aromatic heterocycles. The summed E-state index contributed by atoms with van der Waals surface area (Å²) in [6.07, 6.45) is 7.94. The largest absolute Gasteiger partial charge is 0.342 e. The van der Waals surface area contributed by atoms with Gasteiger partial charge in [0.05, 0.1) is 6.42 Å². The van der Waals surface area contributed by atoms with E-state index in [9.17, 15) is 9.59 Å². The maximum atomic E-state index is 12.8. The third-order valence-electron chi connectivity index (χ3n) is 6.14. The number of piperidine rings is 1. The minimum Gasteiger partial charge on any atom is -0.342 e. The van der Waals surface area contributed by atoms with Crippen molar-refractivity contribution < 1.29 is 9.59 Å². The molecule has 0 bridgehead atoms. The van der Waals surface area contributed by atoms with Crippen LogP contribution in [-0.2, 0) is 22.4 Å². The van der Waals surface area contributed by atoms with Gasteiger partial charge >= 0.3 is 0 Å². The summed E-state index contributed by atoms with van der Waals surface area (Å²) in [4.78, 5) is 29.5. The standard InChI is InChI=1S/C24H36N2O2/c1-19(2)17-20-7-9-21(10-8-20)18-23(27)25-15-11-22(12-16-25)24(28)26-13-5-3-4-6-14-26/h7-10,19,22H,3-6,11-18H2,1-2H3. The number of carbonyl (C=O) groups excluding carboxylic acids is 2. The molecule has 2 aliphatic heterocycles. The molecule has 1 aromatic carbocycles. The van der Waals surface area contributed by atoms with Gasteiger partial charge in [0.2, 0.25) is 11.8 Å². The van der Waals surface area contributed by atoms with Crippen LogP contribution in [0.4, 0.5) is 0 Å². The summed E-state index contributed by atoms with van der Waals surface area (Å²) in [7, 11) is 0. The molecule has 4 nitrogen and oxygen atoms in total. The summed E-state index contributed by atoms with van der Waals surface area (Å²) in [6, 6.07) is 8.47. The summed E-state index contributed by atoms with van der Waals surface area (Å²) < 4.78 is 0. The Balaban J connectivity index is 1.46. The third-order valence-corrected chi connectivity index (χ3v) is 6.14. The molecule has 2 amide bonds. The van der Waals surface area contributed by atoms with Crippen LogP contribution in [0.2, 0.25) is 0 Å². The quantitative estimate of drug-likeness (QED) is 0.768. The molecule has 0 spiro atoms. The Morgan fingerprint density at radius 2 is 1.43 bits per heavy atom. The van der Waals surface area contributed by atoms with Crippen molar-refractivity contribution in [2.24, 2.45) is 11.8 Å². The lowest BCUT2D eigenvalue weighted by molar-refractivity contribution is -0.140. The highest BCUT2D eigenvalue weighted by Crippen LogP contribution is 2.22. The molecule has 3 rings (SSSR count). The second-order valence-electron chi connectivity index (χ2n) is 8.99. The Hall–Kier alpha value is -1.84. The first-order chi connectivity index (χ1) is 13.5. The number of carbonyl (C=O) groups is 2. The van der Waals surface area contributed by atoms with Crippen LogP contribution in [-0.4, -0.2) is 47.8 Å². The maximum absolute atomic E-state index is 12.8. The van der Waals surface area contributed by atoms with E-state index in [0.29, 0.717) is 31.3 Å². The zero-order valence-corrected chi connectivity index (χ0v) is 17.7. The fourth-order valence-corrected chi connectivity index (χ4v) is 4.48. The monoisotopic (exact) mass is 384 g/mol. The molecule has 28 heavy (non-hydrogen) atoms. The smallest absolute Gasteiger partial charge is 0.226 e. The van der Waals surface area contributed by atoms with Gasteiger partial charge in [-0.25, -0.2) is 0 Å². The summed E-state index contributed by atoms with van der Waals surface area (Å²) in [5, 5.41) is 0. The van der Waals surface area contributed by atoms with Crippen molar-refractivity contribution in [2.75, 3.05) is 26.2 Å². The zero-order chi connectivity index (χ0) is 19.9. The molecule has 154 valence electrons. The lowest BCUT2D eigenvalue weighted by Gasteiger charge is -2.34. The van der Waals surface area contributed by atoms with E-state index in [1.54, 1.807) is 0 Å². The molecule has 0 atom stereocenters. The molecule has 0 N–H and O–H groups in total. The number of benzene rings is 1. The van der Waals surface area contributed by atoms with Gasteiger partial charge < -0.3 is 9.80 Å². The van der Waals surface area contributed by atoms with Gasteiger partial charge in [0.1, 0.15) is 0 Å². The van der Waals surface area contributed by atoms with E-state index in [2.05, 4.69) is 43.0 Å². The van der Waals surface area contributed by atoms with Crippen molar-refractivity contribution in [3.05, 3.63) is 35.4 Å². The molecule has 2 saturated heterocycles. The second kappa shape index (κ2) is 10.1. The van der Waals surface area contributed by atoms with E-state index in [4.69, 9.17) is 0 Å². The molecular weight excluding hydrogens is 348 g/mol. The van der Waals surface area contributed by atoms with Crippen LogP contribution in [0.5, 0.6) is 0 Å². The van der Waals surface area contributed by atoms with Crippen LogP contribution < -0.4 is 0 Å². The van der Waals surface area contributed by atoms with E-state index in [1.165, 1.54) is 18.4 Å². The van der Waals surface area contributed by atoms with Crippen LogP contribution in [0.1, 0.15) is 63.5 Å². The molecule has 1 aromatic rings. The molecular formula is C24H36N2O2. The second-order valence-corrected chi connectivity index (χ2v) is 8.99. The molecule has 2 heterocycles. The minimum absolute atomic E-state index is 0.109. The van der Waals surface area contributed by atoms with Crippen LogP contribution >= 0.6 is 0 Å². The van der Waals surface area contributed by atoms with Gasteiger partial charge in [-0.1, -0.05) is 51.0 Å². The third kappa shape index (κ3) is 5.83. The van der Waals surface area contributed by atoms with Gasteiger partial charge in [0.15, 0.2) is 0 Å². The Kier molecular flexibility index (Phi) is 7.52. The topological polar surface area (TPSA) is 40.6 Å². The van der Waals surface area contributed by atoms with Crippen LogP contribution in [0.3, 0.4) is 0 Å². The van der Waals surface area contributed by atoms with E-state index in [1.807, 2.05) is 4.90 Å². The van der Waals surface area contributed by atoms with E-state index < -0.39 is 0 Å². The SMILES string of the molecule is CC(C)Cc1ccc(CC(=O)N2CCC(C(=O)N3CCCCCC3)CC2)cc1.